The molecule has 0 atom stereocenters. The van der Waals surface area contributed by atoms with E-state index in [-0.39, 0.29) is 5.91 Å². The average molecular weight is 347 g/mol. The third kappa shape index (κ3) is 3.82. The number of nitrogens with one attached hydrogen (secondary N) is 1. The normalized spacial score (nSPS) is 11.0. The SMILES string of the molecule is O=C(/C=C/c1cccs1)Nc1nc(-c2ccc(Cl)cc2)cs1. The van der Waals surface area contributed by atoms with Crippen LogP contribution < -0.4 is 5.32 Å². The standard InChI is InChI=1S/C16H11ClN2OS2/c17-12-5-3-11(4-6-12)14-10-22-16(18-14)19-15(20)8-7-13-2-1-9-21-13/h1-10H,(H,18,19,20)/b8-7+. The minimum atomic E-state index is -0.189. The third-order valence-electron chi connectivity index (χ3n) is 2.82. The van der Waals surface area contributed by atoms with Crippen molar-refractivity contribution in [3.05, 3.63) is 63.1 Å². The smallest absolute Gasteiger partial charge is 0.250 e. The molecule has 0 unspecified atom stereocenters. The highest BCUT2D eigenvalue weighted by Crippen LogP contribution is 2.26. The molecule has 3 nitrogen and oxygen atoms in total. The second-order valence-electron chi connectivity index (χ2n) is 4.38. The fourth-order valence-corrected chi connectivity index (χ4v) is 3.24. The van der Waals surface area contributed by atoms with Crippen LogP contribution in [0.2, 0.25) is 5.02 Å². The largest absolute Gasteiger partial charge is 0.298 e. The zero-order valence-corrected chi connectivity index (χ0v) is 13.7. The van der Waals surface area contributed by atoms with Gasteiger partial charge in [0.15, 0.2) is 5.13 Å². The first kappa shape index (κ1) is 15.0. The lowest BCUT2D eigenvalue weighted by Gasteiger charge is -1.97. The zero-order chi connectivity index (χ0) is 15.4. The number of carbonyl (C=O) groups excluding carboxylic acids is 1. The van der Waals surface area contributed by atoms with Crippen LogP contribution >= 0.6 is 34.3 Å². The minimum absolute atomic E-state index is 0.189. The molecule has 0 aliphatic heterocycles. The number of benzene rings is 1. The monoisotopic (exact) mass is 346 g/mol. The molecule has 6 heteroatoms. The second-order valence-corrected chi connectivity index (χ2v) is 6.66. The second kappa shape index (κ2) is 6.87. The van der Waals surface area contributed by atoms with Gasteiger partial charge in [-0.05, 0) is 29.7 Å². The Hall–Kier alpha value is -1.95. The quantitative estimate of drug-likeness (QED) is 0.661. The molecule has 0 fully saturated rings. The van der Waals surface area contributed by atoms with Gasteiger partial charge in [-0.15, -0.1) is 22.7 Å². The van der Waals surface area contributed by atoms with Crippen LogP contribution in [-0.2, 0) is 4.79 Å². The highest BCUT2D eigenvalue weighted by Gasteiger charge is 2.06. The van der Waals surface area contributed by atoms with Gasteiger partial charge in [0.25, 0.3) is 0 Å². The van der Waals surface area contributed by atoms with Gasteiger partial charge in [0.1, 0.15) is 0 Å². The first-order valence-corrected chi connectivity index (χ1v) is 8.58. The van der Waals surface area contributed by atoms with E-state index >= 15 is 0 Å². The van der Waals surface area contributed by atoms with E-state index in [4.69, 9.17) is 11.6 Å². The molecule has 1 amide bonds. The lowest BCUT2D eigenvalue weighted by molar-refractivity contribution is -0.111. The van der Waals surface area contributed by atoms with Crippen molar-refractivity contribution < 1.29 is 4.79 Å². The number of hydrogen-bond acceptors (Lipinski definition) is 4. The summed E-state index contributed by atoms with van der Waals surface area (Å²) in [7, 11) is 0. The van der Waals surface area contributed by atoms with E-state index in [0.717, 1.165) is 16.1 Å². The van der Waals surface area contributed by atoms with Crippen LogP contribution in [0.25, 0.3) is 17.3 Å². The summed E-state index contributed by atoms with van der Waals surface area (Å²) in [5, 5.41) is 7.90. The van der Waals surface area contributed by atoms with Crippen LogP contribution in [0.4, 0.5) is 5.13 Å². The molecular formula is C16H11ClN2OS2. The average Bonchev–Trinajstić information content (AvgIpc) is 3.17. The fourth-order valence-electron chi connectivity index (χ4n) is 1.78. The Morgan fingerprint density at radius 3 is 2.73 bits per heavy atom. The Balaban J connectivity index is 1.66. The van der Waals surface area contributed by atoms with Crippen molar-refractivity contribution in [2.75, 3.05) is 5.32 Å². The number of amides is 1. The molecule has 3 rings (SSSR count). The fraction of sp³-hybridized carbons (Fsp3) is 0. The number of carbonyl (C=O) groups is 1. The summed E-state index contributed by atoms with van der Waals surface area (Å²) < 4.78 is 0. The van der Waals surface area contributed by atoms with Crippen molar-refractivity contribution in [1.82, 2.24) is 4.98 Å². The van der Waals surface area contributed by atoms with Crippen LogP contribution in [-0.4, -0.2) is 10.9 Å². The van der Waals surface area contributed by atoms with E-state index in [1.165, 1.54) is 17.4 Å². The maximum atomic E-state index is 11.9. The molecule has 3 aromatic rings. The molecule has 0 aliphatic rings. The number of nitrogens with zero attached hydrogens (tertiary/aromatic N) is 1. The molecule has 0 saturated heterocycles. The van der Waals surface area contributed by atoms with Crippen molar-refractivity contribution in [3.8, 4) is 11.3 Å². The van der Waals surface area contributed by atoms with Crippen molar-refractivity contribution >= 4 is 51.4 Å². The van der Waals surface area contributed by atoms with Crippen LogP contribution in [0, 0.1) is 0 Å². The summed E-state index contributed by atoms with van der Waals surface area (Å²) in [4.78, 5) is 17.3. The Morgan fingerprint density at radius 1 is 1.18 bits per heavy atom. The lowest BCUT2D eigenvalue weighted by Crippen LogP contribution is -2.07. The van der Waals surface area contributed by atoms with Crippen LogP contribution in [0.15, 0.2) is 53.2 Å². The molecule has 22 heavy (non-hydrogen) atoms. The van der Waals surface area contributed by atoms with E-state index in [1.807, 2.05) is 47.2 Å². The lowest BCUT2D eigenvalue weighted by atomic mass is 10.2. The van der Waals surface area contributed by atoms with Gasteiger partial charge in [-0.2, -0.15) is 0 Å². The first-order valence-electron chi connectivity index (χ1n) is 6.45. The van der Waals surface area contributed by atoms with Crippen molar-refractivity contribution in [2.24, 2.45) is 0 Å². The van der Waals surface area contributed by atoms with E-state index in [9.17, 15) is 4.79 Å². The van der Waals surface area contributed by atoms with Crippen LogP contribution in [0.1, 0.15) is 4.88 Å². The summed E-state index contributed by atoms with van der Waals surface area (Å²) in [6.45, 7) is 0. The van der Waals surface area contributed by atoms with Crippen LogP contribution in [0.5, 0.6) is 0 Å². The Morgan fingerprint density at radius 2 is 2.00 bits per heavy atom. The van der Waals surface area contributed by atoms with Gasteiger partial charge < -0.3 is 0 Å². The van der Waals surface area contributed by atoms with Gasteiger partial charge in [0, 0.05) is 26.9 Å². The number of anilines is 1. The number of rotatable bonds is 4. The Labute approximate surface area is 140 Å². The summed E-state index contributed by atoms with van der Waals surface area (Å²) in [6.07, 6.45) is 3.29. The van der Waals surface area contributed by atoms with E-state index in [0.29, 0.717) is 10.2 Å². The molecule has 0 bridgehead atoms. The van der Waals surface area contributed by atoms with Gasteiger partial charge in [-0.1, -0.05) is 29.8 Å². The number of thiazole rings is 1. The number of hydrogen-bond donors (Lipinski definition) is 1. The van der Waals surface area contributed by atoms with Gasteiger partial charge in [0.2, 0.25) is 5.91 Å². The van der Waals surface area contributed by atoms with E-state index in [2.05, 4.69) is 10.3 Å². The van der Waals surface area contributed by atoms with Gasteiger partial charge >= 0.3 is 0 Å². The number of aromatic nitrogens is 1. The molecule has 110 valence electrons. The molecule has 0 aliphatic carbocycles. The van der Waals surface area contributed by atoms with E-state index < -0.39 is 0 Å². The van der Waals surface area contributed by atoms with Crippen molar-refractivity contribution in [2.45, 2.75) is 0 Å². The van der Waals surface area contributed by atoms with Crippen LogP contribution in [0.3, 0.4) is 0 Å². The molecule has 2 aromatic heterocycles. The molecule has 0 spiro atoms. The summed E-state index contributed by atoms with van der Waals surface area (Å²) in [6, 6.07) is 11.3. The van der Waals surface area contributed by atoms with E-state index in [1.54, 1.807) is 17.4 Å². The molecular weight excluding hydrogens is 336 g/mol. The van der Waals surface area contributed by atoms with Gasteiger partial charge in [-0.25, -0.2) is 4.98 Å². The summed E-state index contributed by atoms with van der Waals surface area (Å²) in [5.41, 5.74) is 1.79. The zero-order valence-electron chi connectivity index (χ0n) is 11.3. The highest BCUT2D eigenvalue weighted by molar-refractivity contribution is 7.14. The summed E-state index contributed by atoms with van der Waals surface area (Å²) in [5.74, 6) is -0.189. The molecule has 0 radical (unpaired) electrons. The molecule has 2 heterocycles. The maximum Gasteiger partial charge on any atom is 0.250 e. The molecule has 1 N–H and O–H groups in total. The van der Waals surface area contributed by atoms with Crippen molar-refractivity contribution in [1.29, 1.82) is 0 Å². The number of halogens is 1. The first-order chi connectivity index (χ1) is 10.7. The maximum absolute atomic E-state index is 11.9. The topological polar surface area (TPSA) is 42.0 Å². The molecule has 0 saturated carbocycles. The van der Waals surface area contributed by atoms with Crippen molar-refractivity contribution in [3.63, 3.8) is 0 Å². The minimum Gasteiger partial charge on any atom is -0.298 e. The Kier molecular flexibility index (Phi) is 4.68. The number of thiophene rings is 1. The predicted molar refractivity (Wildman–Crippen MR) is 94.5 cm³/mol. The Bertz CT molecular complexity index is 792. The predicted octanol–water partition coefficient (Wildman–Crippen LogP) is 5.18. The third-order valence-corrected chi connectivity index (χ3v) is 4.66. The highest BCUT2D eigenvalue weighted by atomic mass is 35.5. The summed E-state index contributed by atoms with van der Waals surface area (Å²) >= 11 is 8.84. The van der Waals surface area contributed by atoms with Gasteiger partial charge in [0.05, 0.1) is 5.69 Å². The van der Waals surface area contributed by atoms with Gasteiger partial charge in [-0.3, -0.25) is 10.1 Å². The molecule has 1 aromatic carbocycles.